The highest BCUT2D eigenvalue weighted by Crippen LogP contribution is 2.42. The summed E-state index contributed by atoms with van der Waals surface area (Å²) in [7, 11) is 0. The van der Waals surface area contributed by atoms with Crippen molar-refractivity contribution in [2.45, 2.75) is 38.8 Å². The minimum Gasteiger partial charge on any atom is -0.326 e. The Morgan fingerprint density at radius 1 is 0.833 bits per heavy atom. The fourth-order valence-electron chi connectivity index (χ4n) is 5.27. The van der Waals surface area contributed by atoms with Crippen LogP contribution in [0.5, 0.6) is 0 Å². The van der Waals surface area contributed by atoms with Crippen molar-refractivity contribution < 1.29 is 9.59 Å². The fourth-order valence-corrected chi connectivity index (χ4v) is 5.27. The first-order chi connectivity index (χ1) is 17.5. The molecule has 2 heterocycles. The summed E-state index contributed by atoms with van der Waals surface area (Å²) in [5, 5.41) is 0. The van der Waals surface area contributed by atoms with Crippen molar-refractivity contribution in [3.05, 3.63) is 119 Å². The fraction of sp³-hybridized carbons (Fsp3) is 0.226. The molecule has 0 spiro atoms. The summed E-state index contributed by atoms with van der Waals surface area (Å²) in [5.41, 5.74) is 6.68. The van der Waals surface area contributed by atoms with Gasteiger partial charge in [-0.15, -0.1) is 0 Å². The van der Waals surface area contributed by atoms with E-state index in [1.807, 2.05) is 66.4 Å². The standard InChI is InChI=1S/C31H29N3O2/c1-21-13-15-23(16-14-21)30-28-12-7-19-32(28)26-10-5-6-11-27(26)34(30)29(35)20-33(24-17-18-24)31(36)25-9-4-3-8-22(25)2/h3-16,19,24,30H,17-18,20H2,1-2H3. The number of carbonyl (C=O) groups excluding carboxylic acids is 2. The molecule has 5 heteroatoms. The third kappa shape index (κ3) is 3.81. The summed E-state index contributed by atoms with van der Waals surface area (Å²) in [4.78, 5) is 31.5. The highest BCUT2D eigenvalue weighted by Gasteiger charge is 2.40. The third-order valence-electron chi connectivity index (χ3n) is 7.31. The van der Waals surface area contributed by atoms with Gasteiger partial charge in [0.1, 0.15) is 12.6 Å². The lowest BCUT2D eigenvalue weighted by Crippen LogP contribution is -2.47. The second kappa shape index (κ2) is 8.83. The number of hydrogen-bond acceptors (Lipinski definition) is 2. The summed E-state index contributed by atoms with van der Waals surface area (Å²) < 4.78 is 2.17. The molecule has 1 aliphatic heterocycles. The smallest absolute Gasteiger partial charge is 0.254 e. The number of aryl methyl sites for hydroxylation is 2. The normalized spacial score (nSPS) is 16.3. The molecule has 6 rings (SSSR count). The van der Waals surface area contributed by atoms with Crippen LogP contribution in [-0.4, -0.2) is 33.9 Å². The first-order valence-electron chi connectivity index (χ1n) is 12.5. The monoisotopic (exact) mass is 475 g/mol. The van der Waals surface area contributed by atoms with Gasteiger partial charge < -0.3 is 9.47 Å². The van der Waals surface area contributed by atoms with E-state index in [-0.39, 0.29) is 30.4 Å². The van der Waals surface area contributed by atoms with Gasteiger partial charge in [0.2, 0.25) is 5.91 Å². The van der Waals surface area contributed by atoms with Gasteiger partial charge in [-0.1, -0.05) is 60.2 Å². The predicted molar refractivity (Wildman–Crippen MR) is 142 cm³/mol. The van der Waals surface area contributed by atoms with Crippen LogP contribution in [0.15, 0.2) is 91.1 Å². The molecule has 0 radical (unpaired) electrons. The number of hydrogen-bond donors (Lipinski definition) is 0. The number of nitrogens with zero attached hydrogens (tertiary/aromatic N) is 3. The number of carbonyl (C=O) groups is 2. The quantitative estimate of drug-likeness (QED) is 0.364. The van der Waals surface area contributed by atoms with Gasteiger partial charge in [0.15, 0.2) is 0 Å². The minimum atomic E-state index is -0.280. The lowest BCUT2D eigenvalue weighted by molar-refractivity contribution is -0.119. The Morgan fingerprint density at radius 3 is 2.25 bits per heavy atom. The van der Waals surface area contributed by atoms with Crippen LogP contribution >= 0.6 is 0 Å². The molecule has 1 aliphatic carbocycles. The Kier molecular flexibility index (Phi) is 5.48. The predicted octanol–water partition coefficient (Wildman–Crippen LogP) is 5.83. The number of anilines is 1. The van der Waals surface area contributed by atoms with Gasteiger partial charge in [-0.3, -0.25) is 14.5 Å². The van der Waals surface area contributed by atoms with E-state index >= 15 is 0 Å². The summed E-state index contributed by atoms with van der Waals surface area (Å²) in [6, 6.07) is 28.0. The van der Waals surface area contributed by atoms with Crippen LogP contribution in [0.1, 0.15) is 51.6 Å². The topological polar surface area (TPSA) is 45.6 Å². The molecule has 1 fully saturated rings. The number of aromatic nitrogens is 1. The first kappa shape index (κ1) is 22.4. The van der Waals surface area contributed by atoms with Crippen molar-refractivity contribution >= 4 is 17.5 Å². The van der Waals surface area contributed by atoms with Crippen molar-refractivity contribution in [1.29, 1.82) is 0 Å². The molecule has 4 aromatic rings. The van der Waals surface area contributed by atoms with Crippen LogP contribution in [-0.2, 0) is 4.79 Å². The zero-order chi connectivity index (χ0) is 24.8. The van der Waals surface area contributed by atoms with Crippen molar-refractivity contribution in [3.8, 4) is 5.69 Å². The van der Waals surface area contributed by atoms with E-state index in [1.54, 1.807) is 4.90 Å². The molecule has 2 amide bonds. The summed E-state index contributed by atoms with van der Waals surface area (Å²) in [6.07, 6.45) is 3.92. The zero-order valence-corrected chi connectivity index (χ0v) is 20.6. The molecule has 1 atom stereocenters. The maximum Gasteiger partial charge on any atom is 0.254 e. The van der Waals surface area contributed by atoms with Crippen LogP contribution in [0.25, 0.3) is 5.69 Å². The average Bonchev–Trinajstić information content (AvgIpc) is 3.62. The summed E-state index contributed by atoms with van der Waals surface area (Å²) >= 11 is 0. The third-order valence-corrected chi connectivity index (χ3v) is 7.31. The highest BCUT2D eigenvalue weighted by atomic mass is 16.2. The maximum atomic E-state index is 14.2. The van der Waals surface area contributed by atoms with Gasteiger partial charge >= 0.3 is 0 Å². The lowest BCUT2D eigenvalue weighted by atomic mass is 9.97. The van der Waals surface area contributed by atoms with Crippen molar-refractivity contribution in [2.24, 2.45) is 0 Å². The molecule has 1 unspecified atom stereocenters. The summed E-state index contributed by atoms with van der Waals surface area (Å²) in [5.74, 6) is -0.140. The molecular formula is C31H29N3O2. The van der Waals surface area contributed by atoms with Crippen molar-refractivity contribution in [1.82, 2.24) is 9.47 Å². The van der Waals surface area contributed by atoms with Crippen LogP contribution < -0.4 is 4.90 Å². The van der Waals surface area contributed by atoms with Crippen LogP contribution in [0.4, 0.5) is 5.69 Å². The van der Waals surface area contributed by atoms with E-state index in [4.69, 9.17) is 0 Å². The Bertz CT molecular complexity index is 1450. The number of amides is 2. The molecule has 3 aromatic carbocycles. The minimum absolute atomic E-state index is 0.0508. The van der Waals surface area contributed by atoms with E-state index in [1.165, 1.54) is 5.56 Å². The SMILES string of the molecule is Cc1ccc(C2c3cccn3-c3ccccc3N2C(=O)CN(C(=O)c2ccccc2C)C2CC2)cc1. The van der Waals surface area contributed by atoms with E-state index in [9.17, 15) is 9.59 Å². The van der Waals surface area contributed by atoms with Crippen LogP contribution in [0.2, 0.25) is 0 Å². The largest absolute Gasteiger partial charge is 0.326 e. The zero-order valence-electron chi connectivity index (χ0n) is 20.6. The van der Waals surface area contributed by atoms with Gasteiger partial charge in [0.05, 0.1) is 17.1 Å². The second-order valence-corrected chi connectivity index (χ2v) is 9.85. The Balaban J connectivity index is 1.42. The lowest BCUT2D eigenvalue weighted by Gasteiger charge is -2.39. The van der Waals surface area contributed by atoms with Crippen molar-refractivity contribution in [3.63, 3.8) is 0 Å². The number of benzene rings is 3. The maximum absolute atomic E-state index is 14.2. The summed E-state index contributed by atoms with van der Waals surface area (Å²) in [6.45, 7) is 4.06. The Hall–Kier alpha value is -4.12. The van der Waals surface area contributed by atoms with E-state index in [0.717, 1.165) is 41.0 Å². The number of fused-ring (bicyclic) bond motifs is 3. The molecule has 0 bridgehead atoms. The molecule has 180 valence electrons. The number of para-hydroxylation sites is 2. The van der Waals surface area contributed by atoms with E-state index in [0.29, 0.717) is 5.56 Å². The Morgan fingerprint density at radius 2 is 1.53 bits per heavy atom. The van der Waals surface area contributed by atoms with E-state index in [2.05, 4.69) is 48.0 Å². The molecule has 36 heavy (non-hydrogen) atoms. The van der Waals surface area contributed by atoms with E-state index < -0.39 is 0 Å². The first-order valence-corrected chi connectivity index (χ1v) is 12.5. The Labute approximate surface area is 211 Å². The van der Waals surface area contributed by atoms with Gasteiger partial charge in [-0.2, -0.15) is 0 Å². The van der Waals surface area contributed by atoms with Crippen molar-refractivity contribution in [2.75, 3.05) is 11.4 Å². The molecule has 1 aromatic heterocycles. The molecule has 0 N–H and O–H groups in total. The highest BCUT2D eigenvalue weighted by molar-refractivity contribution is 6.03. The van der Waals surface area contributed by atoms with Gasteiger partial charge in [-0.25, -0.2) is 0 Å². The van der Waals surface area contributed by atoms with Gasteiger partial charge in [0.25, 0.3) is 5.91 Å². The molecule has 0 saturated heterocycles. The molecule has 2 aliphatic rings. The van der Waals surface area contributed by atoms with Crippen LogP contribution in [0, 0.1) is 13.8 Å². The molecular weight excluding hydrogens is 446 g/mol. The van der Waals surface area contributed by atoms with Gasteiger partial charge in [-0.05, 0) is 68.1 Å². The molecule has 5 nitrogen and oxygen atoms in total. The van der Waals surface area contributed by atoms with Gasteiger partial charge in [0, 0.05) is 17.8 Å². The second-order valence-electron chi connectivity index (χ2n) is 9.85. The number of rotatable bonds is 5. The average molecular weight is 476 g/mol. The molecule has 1 saturated carbocycles. The van der Waals surface area contributed by atoms with Crippen LogP contribution in [0.3, 0.4) is 0 Å².